The van der Waals surface area contributed by atoms with Crippen LogP contribution in [0.1, 0.15) is 59.5 Å². The van der Waals surface area contributed by atoms with Crippen molar-refractivity contribution in [2.24, 2.45) is 0 Å². The summed E-state index contributed by atoms with van der Waals surface area (Å²) < 4.78 is 89.9. The van der Waals surface area contributed by atoms with Crippen LogP contribution in [0.15, 0.2) is 102 Å². The van der Waals surface area contributed by atoms with Gasteiger partial charge in [-0.1, -0.05) is 99.6 Å². The minimum Gasteiger partial charge on any atom is -0.398 e. The molecule has 1 unspecified atom stereocenters. The first-order valence-electron chi connectivity index (χ1n) is 20.3. The maximum atomic E-state index is 15.0. The predicted octanol–water partition coefficient (Wildman–Crippen LogP) is 5.26. The van der Waals surface area contributed by atoms with Crippen molar-refractivity contribution >= 4 is 35.3 Å². The summed E-state index contributed by atoms with van der Waals surface area (Å²) in [5, 5.41) is 1.98. The first kappa shape index (κ1) is 45.6. The molecule has 0 saturated carbocycles. The van der Waals surface area contributed by atoms with Crippen LogP contribution in [0.5, 0.6) is 0 Å². The van der Waals surface area contributed by atoms with Crippen molar-refractivity contribution in [1.82, 2.24) is 19.4 Å². The number of morpholine rings is 1. The lowest BCUT2D eigenvalue weighted by atomic mass is 9.82. The van der Waals surface area contributed by atoms with Gasteiger partial charge in [-0.25, -0.2) is 13.1 Å². The Bertz CT molecular complexity index is 2130. The summed E-state index contributed by atoms with van der Waals surface area (Å²) in [4.78, 5) is 20.5. The lowest BCUT2D eigenvalue weighted by Crippen LogP contribution is -2.60. The summed E-state index contributed by atoms with van der Waals surface area (Å²) in [5.41, 5.74) is 1.20. The molecule has 4 aromatic rings. The molecule has 15 heteroatoms. The molecule has 2 aliphatic heterocycles. The largest absolute Gasteiger partial charge is 0.416 e. The summed E-state index contributed by atoms with van der Waals surface area (Å²) in [5.74, 6) is -0.709. The molecular weight excluding hydrogens is 810 g/mol. The lowest BCUT2D eigenvalue weighted by Gasteiger charge is -2.46. The molecule has 0 aliphatic carbocycles. The van der Waals surface area contributed by atoms with Gasteiger partial charge in [0.05, 0.1) is 41.9 Å². The van der Waals surface area contributed by atoms with E-state index in [1.807, 2.05) is 66.7 Å². The fourth-order valence-electron chi connectivity index (χ4n) is 8.06. The van der Waals surface area contributed by atoms with E-state index in [1.165, 1.54) is 0 Å². The van der Waals surface area contributed by atoms with Crippen LogP contribution < -0.4 is 15.1 Å². The third kappa shape index (κ3) is 11.1. The van der Waals surface area contributed by atoms with E-state index >= 15 is 0 Å². The number of hydrogen-bond acceptors (Lipinski definition) is 8. The fourth-order valence-corrected chi connectivity index (χ4v) is 11.0. The van der Waals surface area contributed by atoms with E-state index in [1.54, 1.807) is 12.0 Å². The summed E-state index contributed by atoms with van der Waals surface area (Å²) in [7, 11) is -3.57. The number of carbonyl (C=O) groups excluding carboxylic acids is 1. The second-order valence-corrected chi connectivity index (χ2v) is 20.4. The molecule has 2 aliphatic rings. The molecule has 2 heterocycles. The average Bonchev–Trinajstić information content (AvgIpc) is 3.23. The van der Waals surface area contributed by atoms with Crippen LogP contribution in [0.4, 0.5) is 13.2 Å². The number of halogens is 3. The van der Waals surface area contributed by atoms with Crippen LogP contribution in [-0.4, -0.2) is 123 Å². The van der Waals surface area contributed by atoms with Crippen LogP contribution >= 0.6 is 0 Å². The fraction of sp³-hybridized carbons (Fsp3) is 0.444. The Kier molecular flexibility index (Phi) is 14.7. The summed E-state index contributed by atoms with van der Waals surface area (Å²) in [6.45, 7) is 13.4. The van der Waals surface area contributed by atoms with E-state index < -0.39 is 53.8 Å². The zero-order chi connectivity index (χ0) is 43.2. The second-order valence-electron chi connectivity index (χ2n) is 16.5. The molecule has 0 spiro atoms. The molecule has 1 N–H and O–H groups in total. The van der Waals surface area contributed by atoms with E-state index in [0.29, 0.717) is 45.5 Å². The number of aryl methyl sites for hydroxylation is 1. The Balaban J connectivity index is 1.48. The van der Waals surface area contributed by atoms with Crippen LogP contribution in [0.3, 0.4) is 0 Å². The van der Waals surface area contributed by atoms with Gasteiger partial charge in [-0.2, -0.15) is 13.2 Å². The first-order valence-corrected chi connectivity index (χ1v) is 23.1. The maximum absolute atomic E-state index is 15.0. The number of benzene rings is 4. The van der Waals surface area contributed by atoms with E-state index in [0.717, 1.165) is 59.3 Å². The lowest BCUT2D eigenvalue weighted by molar-refractivity contribution is -0.137. The highest BCUT2D eigenvalue weighted by molar-refractivity contribution is 7.89. The van der Waals surface area contributed by atoms with Gasteiger partial charge in [-0.15, -0.1) is 0 Å². The molecule has 0 aromatic heterocycles. The number of piperazine rings is 1. The Labute approximate surface area is 354 Å². The van der Waals surface area contributed by atoms with Gasteiger partial charge in [0.25, 0.3) is 14.9 Å². The highest BCUT2D eigenvalue weighted by atomic mass is 32.2. The van der Waals surface area contributed by atoms with E-state index in [-0.39, 0.29) is 23.6 Å². The zero-order valence-corrected chi connectivity index (χ0v) is 37.0. The van der Waals surface area contributed by atoms with E-state index in [2.05, 4.69) is 54.3 Å². The SMILES string of the molecule is CNS(=O)(=O)c1cc(C(=O)N2CCN(CCN3CCO[C@H](COC)C3)C[C@@H]2C(O[Si](c2ccccc2)c2ccccc2)c2ccc(C)c(C(C)(C)C)c2)cc(C(F)(F)F)c1. The van der Waals surface area contributed by atoms with Crippen molar-refractivity contribution in [1.29, 1.82) is 0 Å². The summed E-state index contributed by atoms with van der Waals surface area (Å²) in [6, 6.07) is 27.8. The van der Waals surface area contributed by atoms with Gasteiger partial charge >= 0.3 is 6.18 Å². The average molecular weight is 866 g/mol. The van der Waals surface area contributed by atoms with Crippen molar-refractivity contribution < 1.29 is 40.3 Å². The van der Waals surface area contributed by atoms with Crippen LogP contribution in [0.25, 0.3) is 0 Å². The number of carbonyl (C=O) groups is 1. The first-order chi connectivity index (χ1) is 28.5. The van der Waals surface area contributed by atoms with Gasteiger partial charge in [0.15, 0.2) is 0 Å². The van der Waals surface area contributed by atoms with Gasteiger partial charge in [0, 0.05) is 58.5 Å². The number of rotatable bonds is 14. The number of ether oxygens (including phenoxy) is 2. The smallest absolute Gasteiger partial charge is 0.398 e. The Morgan fingerprint density at radius 2 is 1.52 bits per heavy atom. The number of hydrogen-bond donors (Lipinski definition) is 1. The Hall–Kier alpha value is -3.93. The normalized spacial score (nSPS) is 19.1. The Morgan fingerprint density at radius 1 is 0.883 bits per heavy atom. The molecule has 10 nitrogen and oxygen atoms in total. The van der Waals surface area contributed by atoms with Gasteiger partial charge in [0.1, 0.15) is 0 Å². The monoisotopic (exact) mass is 865 g/mol. The van der Waals surface area contributed by atoms with Crippen LogP contribution in [0, 0.1) is 6.92 Å². The second kappa shape index (κ2) is 19.4. The molecular formula is C45H56F3N4O6SSi. The number of nitrogens with one attached hydrogen (secondary N) is 1. The molecule has 60 heavy (non-hydrogen) atoms. The van der Waals surface area contributed by atoms with Crippen molar-refractivity contribution in [3.63, 3.8) is 0 Å². The van der Waals surface area contributed by atoms with Crippen molar-refractivity contribution in [3.8, 4) is 0 Å². The van der Waals surface area contributed by atoms with Gasteiger partial charge < -0.3 is 18.8 Å². The number of alkyl halides is 3. The number of sulfonamides is 1. The van der Waals surface area contributed by atoms with Crippen LogP contribution in [-0.2, 0) is 35.5 Å². The topological polar surface area (TPSA) is 101 Å². The maximum Gasteiger partial charge on any atom is 0.416 e. The standard InChI is InChI=1S/C45H56F3N4O6SSi/c1-32-17-18-33(27-40(32)44(2,3)4)42(58-60(38-13-9-7-10-14-38)39-15-11-8-12-16-39)41-30-50(19-20-51-23-24-57-36(29-51)31-56-6)21-22-52(41)43(53)34-25-35(45(46,47)48)28-37(26-34)59(54,55)49-5/h7-18,25-28,36,41-42,49H,19-24,29-31H2,1-6H3/t36-,41+,42?/m0/s1. The van der Waals surface area contributed by atoms with Crippen molar-refractivity contribution in [2.75, 3.05) is 73.2 Å². The van der Waals surface area contributed by atoms with Crippen molar-refractivity contribution in [2.45, 2.75) is 62.4 Å². The molecule has 1 radical (unpaired) electrons. The quantitative estimate of drug-likeness (QED) is 0.172. The minimum atomic E-state index is -4.91. The summed E-state index contributed by atoms with van der Waals surface area (Å²) >= 11 is 0. The molecule has 0 bridgehead atoms. The summed E-state index contributed by atoms with van der Waals surface area (Å²) in [6.07, 6.45) is -5.69. The van der Waals surface area contributed by atoms with Crippen LogP contribution in [0.2, 0.25) is 0 Å². The van der Waals surface area contributed by atoms with Gasteiger partial charge in [-0.05, 0) is 64.6 Å². The van der Waals surface area contributed by atoms with Gasteiger partial charge in [0.2, 0.25) is 10.0 Å². The van der Waals surface area contributed by atoms with Gasteiger partial charge in [-0.3, -0.25) is 14.6 Å². The third-order valence-corrected chi connectivity index (χ3v) is 14.8. The molecule has 1 amide bonds. The molecule has 3 atom stereocenters. The zero-order valence-electron chi connectivity index (χ0n) is 35.2. The number of methoxy groups -OCH3 is 1. The van der Waals surface area contributed by atoms with Crippen molar-refractivity contribution in [3.05, 3.63) is 125 Å². The molecule has 2 fully saturated rings. The van der Waals surface area contributed by atoms with E-state index in [9.17, 15) is 26.4 Å². The molecule has 323 valence electrons. The predicted molar refractivity (Wildman–Crippen MR) is 229 cm³/mol. The highest BCUT2D eigenvalue weighted by Crippen LogP contribution is 2.36. The molecule has 6 rings (SSSR count). The highest BCUT2D eigenvalue weighted by Gasteiger charge is 2.41. The third-order valence-electron chi connectivity index (χ3n) is 11.2. The van der Waals surface area contributed by atoms with E-state index in [4.69, 9.17) is 13.9 Å². The molecule has 2 saturated heterocycles. The minimum absolute atomic E-state index is 0.0390. The Morgan fingerprint density at radius 3 is 2.10 bits per heavy atom. The molecule has 4 aromatic carbocycles. The number of nitrogens with zero attached hydrogens (tertiary/aromatic N) is 3. The number of amides is 1.